The minimum absolute atomic E-state index is 0.403. The molecule has 0 fully saturated rings. The van der Waals surface area contributed by atoms with Gasteiger partial charge in [0, 0.05) is 34.9 Å². The van der Waals surface area contributed by atoms with Crippen LogP contribution in [-0.4, -0.2) is 27.0 Å². The molecule has 4 aromatic heterocycles. The maximum absolute atomic E-state index is 6.04. The highest BCUT2D eigenvalue weighted by Crippen LogP contribution is 2.31. The molecule has 0 saturated carbocycles. The van der Waals surface area contributed by atoms with Gasteiger partial charge in [0.2, 0.25) is 17.4 Å². The van der Waals surface area contributed by atoms with Crippen LogP contribution in [0.25, 0.3) is 33.5 Å². The van der Waals surface area contributed by atoms with Crippen molar-refractivity contribution in [2.24, 2.45) is 0 Å². The molecule has 0 atom stereocenters. The highest BCUT2D eigenvalue weighted by Gasteiger charge is 2.15. The number of ether oxygens (including phenoxy) is 1. The Morgan fingerprint density at radius 1 is 1.09 bits per heavy atom. The van der Waals surface area contributed by atoms with Crippen LogP contribution in [0.1, 0.15) is 5.69 Å². The monoisotopic (exact) mass is 326 g/mol. The largest absolute Gasteiger partial charge is 0.481 e. The molecule has 0 amide bonds. The third-order valence-corrected chi connectivity index (χ3v) is 3.81. The first kappa shape index (κ1) is 13.9. The molecule has 0 aromatic carbocycles. The molecule has 0 aliphatic rings. The zero-order chi connectivity index (χ0) is 16.0. The Kier molecular flexibility index (Phi) is 3.12. The van der Waals surface area contributed by atoms with Crippen molar-refractivity contribution in [2.75, 3.05) is 7.11 Å². The van der Waals surface area contributed by atoms with E-state index in [1.807, 2.05) is 6.92 Å². The standard InChI is InChI=1S/C16H11ClN4O2/c1-8-10-6-19-13(17)5-9(10)11(7-18-8)16-21-15-12(23-16)3-4-14(20-15)22-2/h3-7H,1-2H3. The molecular formula is C16H11ClN4O2. The number of methoxy groups -OCH3 is 1. The van der Waals surface area contributed by atoms with Gasteiger partial charge in [0.1, 0.15) is 5.15 Å². The number of aromatic nitrogens is 4. The maximum atomic E-state index is 6.04. The summed E-state index contributed by atoms with van der Waals surface area (Å²) in [5.74, 6) is 0.914. The minimum Gasteiger partial charge on any atom is -0.481 e. The summed E-state index contributed by atoms with van der Waals surface area (Å²) in [7, 11) is 1.56. The van der Waals surface area contributed by atoms with Gasteiger partial charge in [-0.25, -0.2) is 4.98 Å². The molecule has 6 nitrogen and oxygen atoms in total. The molecule has 0 radical (unpaired) electrons. The topological polar surface area (TPSA) is 73.9 Å². The van der Waals surface area contributed by atoms with Crippen LogP contribution < -0.4 is 4.74 Å². The number of halogens is 1. The second-order valence-electron chi connectivity index (χ2n) is 5.00. The Bertz CT molecular complexity index is 1050. The molecule has 0 N–H and O–H groups in total. The Hall–Kier alpha value is -2.73. The molecule has 23 heavy (non-hydrogen) atoms. The van der Waals surface area contributed by atoms with Crippen LogP contribution in [-0.2, 0) is 0 Å². The van der Waals surface area contributed by atoms with Gasteiger partial charge < -0.3 is 9.15 Å². The predicted octanol–water partition coefficient (Wildman–Crippen LogP) is 3.80. The first-order valence-electron chi connectivity index (χ1n) is 6.88. The summed E-state index contributed by atoms with van der Waals surface area (Å²) in [6.07, 6.45) is 3.42. The third kappa shape index (κ3) is 2.27. The summed E-state index contributed by atoms with van der Waals surface area (Å²) >= 11 is 6.04. The van der Waals surface area contributed by atoms with Crippen LogP contribution in [0.5, 0.6) is 5.88 Å². The average molecular weight is 327 g/mol. The van der Waals surface area contributed by atoms with Crippen LogP contribution in [0, 0.1) is 6.92 Å². The van der Waals surface area contributed by atoms with Gasteiger partial charge in [0.05, 0.1) is 12.7 Å². The van der Waals surface area contributed by atoms with Crippen molar-refractivity contribution >= 4 is 33.6 Å². The molecule has 0 spiro atoms. The quantitative estimate of drug-likeness (QED) is 0.521. The normalized spacial score (nSPS) is 11.3. The van der Waals surface area contributed by atoms with Gasteiger partial charge in [-0.05, 0) is 19.1 Å². The SMILES string of the molecule is COc1ccc2oc(-c3cnc(C)c4cnc(Cl)cc34)nc2n1. The molecule has 4 heterocycles. The van der Waals surface area contributed by atoms with Gasteiger partial charge in [-0.3, -0.25) is 4.98 Å². The second-order valence-corrected chi connectivity index (χ2v) is 5.39. The van der Waals surface area contributed by atoms with E-state index in [0.29, 0.717) is 28.2 Å². The minimum atomic E-state index is 0.403. The molecule has 7 heteroatoms. The third-order valence-electron chi connectivity index (χ3n) is 3.61. The van der Waals surface area contributed by atoms with Crippen molar-refractivity contribution in [3.63, 3.8) is 0 Å². The molecule has 4 aromatic rings. The lowest BCUT2D eigenvalue weighted by Crippen LogP contribution is -1.90. The van der Waals surface area contributed by atoms with E-state index in [1.165, 1.54) is 0 Å². The van der Waals surface area contributed by atoms with Gasteiger partial charge in [0.15, 0.2) is 5.58 Å². The van der Waals surface area contributed by atoms with Crippen molar-refractivity contribution in [3.05, 3.63) is 41.4 Å². The van der Waals surface area contributed by atoms with Crippen LogP contribution >= 0.6 is 11.6 Å². The summed E-state index contributed by atoms with van der Waals surface area (Å²) in [5, 5.41) is 2.19. The summed E-state index contributed by atoms with van der Waals surface area (Å²) in [6.45, 7) is 1.92. The number of rotatable bonds is 2. The lowest BCUT2D eigenvalue weighted by atomic mass is 10.1. The molecule has 4 rings (SSSR count). The smallest absolute Gasteiger partial charge is 0.231 e. The van der Waals surface area contributed by atoms with E-state index in [0.717, 1.165) is 22.0 Å². The number of oxazole rings is 1. The fraction of sp³-hybridized carbons (Fsp3) is 0.125. The zero-order valence-corrected chi connectivity index (χ0v) is 13.1. The number of pyridine rings is 3. The van der Waals surface area contributed by atoms with Crippen LogP contribution in [0.4, 0.5) is 0 Å². The van der Waals surface area contributed by atoms with Crippen molar-refractivity contribution in [1.29, 1.82) is 0 Å². The Morgan fingerprint density at radius 2 is 1.96 bits per heavy atom. The molecule has 0 bridgehead atoms. The van der Waals surface area contributed by atoms with Crippen molar-refractivity contribution < 1.29 is 9.15 Å². The van der Waals surface area contributed by atoms with E-state index in [4.69, 9.17) is 20.8 Å². The molecule has 0 unspecified atom stereocenters. The summed E-state index contributed by atoms with van der Waals surface area (Å²) in [5.41, 5.74) is 2.67. The van der Waals surface area contributed by atoms with Gasteiger partial charge in [0.25, 0.3) is 0 Å². The van der Waals surface area contributed by atoms with Crippen LogP contribution in [0.2, 0.25) is 5.15 Å². The molecule has 0 aliphatic carbocycles. The second kappa shape index (κ2) is 5.17. The molecular weight excluding hydrogens is 316 g/mol. The first-order valence-corrected chi connectivity index (χ1v) is 7.26. The highest BCUT2D eigenvalue weighted by atomic mass is 35.5. The number of aryl methyl sites for hydroxylation is 1. The van der Waals surface area contributed by atoms with E-state index in [9.17, 15) is 0 Å². The van der Waals surface area contributed by atoms with Gasteiger partial charge >= 0.3 is 0 Å². The molecule has 114 valence electrons. The van der Waals surface area contributed by atoms with Crippen molar-refractivity contribution in [3.8, 4) is 17.3 Å². The van der Waals surface area contributed by atoms with E-state index >= 15 is 0 Å². The van der Waals surface area contributed by atoms with Crippen LogP contribution in [0.15, 0.2) is 35.0 Å². The number of nitrogens with zero attached hydrogens (tertiary/aromatic N) is 4. The fourth-order valence-corrected chi connectivity index (χ4v) is 2.60. The number of hydrogen-bond donors (Lipinski definition) is 0. The Balaban J connectivity index is 1.98. The number of hydrogen-bond acceptors (Lipinski definition) is 6. The lowest BCUT2D eigenvalue weighted by molar-refractivity contribution is 0.399. The first-order chi connectivity index (χ1) is 11.2. The van der Waals surface area contributed by atoms with Gasteiger partial charge in [-0.15, -0.1) is 0 Å². The van der Waals surface area contributed by atoms with Crippen molar-refractivity contribution in [2.45, 2.75) is 6.92 Å². The average Bonchev–Trinajstić information content (AvgIpc) is 2.97. The van der Waals surface area contributed by atoms with Crippen molar-refractivity contribution in [1.82, 2.24) is 19.9 Å². The zero-order valence-electron chi connectivity index (χ0n) is 12.4. The van der Waals surface area contributed by atoms with E-state index in [2.05, 4.69) is 19.9 Å². The van der Waals surface area contributed by atoms with Gasteiger partial charge in [-0.1, -0.05) is 11.6 Å². The predicted molar refractivity (Wildman–Crippen MR) is 86.6 cm³/mol. The van der Waals surface area contributed by atoms with Gasteiger partial charge in [-0.2, -0.15) is 9.97 Å². The Morgan fingerprint density at radius 3 is 2.78 bits per heavy atom. The van der Waals surface area contributed by atoms with E-state index < -0.39 is 0 Å². The fourth-order valence-electron chi connectivity index (χ4n) is 2.44. The molecule has 0 saturated heterocycles. The van der Waals surface area contributed by atoms with E-state index in [-0.39, 0.29) is 0 Å². The maximum Gasteiger partial charge on any atom is 0.231 e. The van der Waals surface area contributed by atoms with E-state index in [1.54, 1.807) is 37.7 Å². The lowest BCUT2D eigenvalue weighted by Gasteiger charge is -2.05. The Labute approximate surface area is 136 Å². The summed E-state index contributed by atoms with van der Waals surface area (Å²) in [6, 6.07) is 5.28. The number of fused-ring (bicyclic) bond motifs is 2. The summed E-state index contributed by atoms with van der Waals surface area (Å²) in [4.78, 5) is 17.2. The highest BCUT2D eigenvalue weighted by molar-refractivity contribution is 6.30. The molecule has 0 aliphatic heterocycles. The van der Waals surface area contributed by atoms with Crippen LogP contribution in [0.3, 0.4) is 0 Å². The summed E-state index contributed by atoms with van der Waals surface area (Å²) < 4.78 is 10.9.